The fourth-order valence-corrected chi connectivity index (χ4v) is 6.01. The van der Waals surface area contributed by atoms with Crippen molar-refractivity contribution in [3.63, 3.8) is 0 Å². The van der Waals surface area contributed by atoms with Crippen molar-refractivity contribution in [3.8, 4) is 5.75 Å². The minimum atomic E-state index is -4.50. The monoisotopic (exact) mass is 662 g/mol. The number of anilines is 1. The molecule has 2 aromatic carbocycles. The van der Waals surface area contributed by atoms with Gasteiger partial charge in [0.15, 0.2) is 5.69 Å². The van der Waals surface area contributed by atoms with E-state index >= 15 is 0 Å². The average molecular weight is 664 g/mol. The molecular weight excluding hydrogens is 631 g/mol. The molecule has 0 radical (unpaired) electrons. The molecule has 1 aliphatic rings. The molecule has 2 atom stereocenters. The molecule has 0 saturated heterocycles. The van der Waals surface area contributed by atoms with Crippen LogP contribution in [-0.2, 0) is 21.4 Å². The Morgan fingerprint density at radius 2 is 2.02 bits per heavy atom. The number of hydrogen-bond donors (Lipinski definition) is 1. The van der Waals surface area contributed by atoms with Gasteiger partial charge in [-0.05, 0) is 42.7 Å². The Balaban J connectivity index is 1.77. The number of ether oxygens (including phenoxy) is 1. The van der Waals surface area contributed by atoms with Gasteiger partial charge in [0.05, 0.1) is 24.1 Å². The molecule has 224 valence electrons. The molecule has 1 aromatic heterocycles. The molecular formula is C29H32BrFN4O6S. The molecule has 13 heteroatoms. The van der Waals surface area contributed by atoms with Gasteiger partial charge in [-0.3, -0.25) is 14.2 Å². The van der Waals surface area contributed by atoms with E-state index in [0.717, 1.165) is 0 Å². The predicted octanol–water partition coefficient (Wildman–Crippen LogP) is 4.51. The summed E-state index contributed by atoms with van der Waals surface area (Å²) in [6.45, 7) is 6.45. The molecule has 2 heterocycles. The van der Waals surface area contributed by atoms with Crippen LogP contribution >= 0.6 is 15.9 Å². The smallest absolute Gasteiger partial charge is 0.339 e. The van der Waals surface area contributed by atoms with E-state index in [-0.39, 0.29) is 30.5 Å². The van der Waals surface area contributed by atoms with E-state index in [2.05, 4.69) is 32.8 Å². The molecule has 42 heavy (non-hydrogen) atoms. The van der Waals surface area contributed by atoms with Crippen molar-refractivity contribution in [2.45, 2.75) is 42.1 Å². The van der Waals surface area contributed by atoms with E-state index in [1.807, 2.05) is 11.8 Å². The summed E-state index contributed by atoms with van der Waals surface area (Å²) in [5, 5.41) is 2.70. The lowest BCUT2D eigenvalue weighted by Crippen LogP contribution is -2.36. The third kappa shape index (κ3) is 6.90. The fraction of sp³-hybridized carbons (Fsp3) is 0.345. The second kappa shape index (κ2) is 13.6. The number of amides is 1. The summed E-state index contributed by atoms with van der Waals surface area (Å²) in [5.74, 6) is -1.78. The lowest BCUT2D eigenvalue weighted by Gasteiger charge is -2.23. The van der Waals surface area contributed by atoms with Crippen molar-refractivity contribution in [2.24, 2.45) is 0 Å². The summed E-state index contributed by atoms with van der Waals surface area (Å²) in [6.07, 6.45) is 2.89. The number of alkyl halides is 1. The van der Waals surface area contributed by atoms with Crippen LogP contribution in [0, 0.1) is 5.82 Å². The van der Waals surface area contributed by atoms with Gasteiger partial charge in [-0.25, -0.2) is 9.37 Å². The number of rotatable bonds is 11. The number of halogens is 2. The second-order valence-corrected chi connectivity index (χ2v) is 12.3. The Kier molecular flexibility index (Phi) is 10.2. The maximum Gasteiger partial charge on any atom is 0.339 e. The number of nitrogens with one attached hydrogen (secondary N) is 1. The van der Waals surface area contributed by atoms with E-state index in [4.69, 9.17) is 8.92 Å². The molecule has 3 aromatic rings. The van der Waals surface area contributed by atoms with Gasteiger partial charge in [-0.15, -0.1) is 6.58 Å². The number of hydrogen-bond acceptors (Lipinski definition) is 8. The van der Waals surface area contributed by atoms with Crippen molar-refractivity contribution in [1.29, 1.82) is 0 Å². The Bertz CT molecular complexity index is 1620. The molecule has 0 aliphatic carbocycles. The maximum absolute atomic E-state index is 14.1. The Morgan fingerprint density at radius 3 is 2.71 bits per heavy atom. The van der Waals surface area contributed by atoms with Crippen LogP contribution in [0.15, 0.2) is 70.9 Å². The first kappa shape index (κ1) is 31.4. The number of carbonyl (C=O) groups excluding carboxylic acids is 1. The highest BCUT2D eigenvalue weighted by Crippen LogP contribution is 2.31. The van der Waals surface area contributed by atoms with Crippen LogP contribution in [-0.4, -0.2) is 50.7 Å². The molecule has 0 saturated carbocycles. The van der Waals surface area contributed by atoms with Gasteiger partial charge in [0, 0.05) is 25.8 Å². The molecule has 1 N–H and O–H groups in total. The van der Waals surface area contributed by atoms with E-state index in [1.165, 1.54) is 41.0 Å². The standard InChI is InChI=1S/C29H32BrFN4O6S/c1-4-6-14-34(3)24-15-20(31)13-12-19(24)16-32-28(36)25-26(41-42(38,39)22-10-8-7-9-11-22)29(37)35-21(5-2)17-40-18-23(30)27(35)33-25/h4,7-13,15,21,23H,1,5-6,14,16-18H2,2-3H3,(H,32,36)/t21-,23?/m0/s1. The first-order valence-electron chi connectivity index (χ1n) is 13.3. The van der Waals surface area contributed by atoms with Gasteiger partial charge in [0.25, 0.3) is 11.5 Å². The van der Waals surface area contributed by atoms with Gasteiger partial charge in [-0.2, -0.15) is 8.42 Å². The van der Waals surface area contributed by atoms with Crippen molar-refractivity contribution in [3.05, 3.63) is 94.4 Å². The third-order valence-corrected chi connectivity index (χ3v) is 8.71. The molecule has 0 fully saturated rings. The zero-order chi connectivity index (χ0) is 30.4. The van der Waals surface area contributed by atoms with E-state index < -0.39 is 49.7 Å². The Labute approximate surface area is 252 Å². The zero-order valence-corrected chi connectivity index (χ0v) is 25.7. The third-order valence-electron chi connectivity index (χ3n) is 6.80. The van der Waals surface area contributed by atoms with Crippen molar-refractivity contribution in [1.82, 2.24) is 14.9 Å². The Morgan fingerprint density at radius 1 is 1.29 bits per heavy atom. The number of aromatic nitrogens is 2. The first-order chi connectivity index (χ1) is 20.1. The van der Waals surface area contributed by atoms with E-state index in [9.17, 15) is 22.4 Å². The average Bonchev–Trinajstić information content (AvgIpc) is 3.14. The molecule has 1 amide bonds. The summed E-state index contributed by atoms with van der Waals surface area (Å²) in [6, 6.07) is 11.0. The largest absolute Gasteiger partial charge is 0.378 e. The van der Waals surface area contributed by atoms with Gasteiger partial charge in [0.2, 0.25) is 5.75 Å². The van der Waals surface area contributed by atoms with Gasteiger partial charge >= 0.3 is 10.1 Å². The van der Waals surface area contributed by atoms with Crippen LogP contribution in [0.3, 0.4) is 0 Å². The zero-order valence-electron chi connectivity index (χ0n) is 23.3. The molecule has 0 spiro atoms. The van der Waals surface area contributed by atoms with Crippen LogP contribution in [0.5, 0.6) is 5.75 Å². The highest BCUT2D eigenvalue weighted by Gasteiger charge is 2.33. The SMILES string of the molecule is C=CCCN(C)c1cc(F)ccc1CNC(=O)c1nc2n(c(=O)c1OS(=O)(=O)c1ccccc1)[C@@H](CC)COCC2Br. The number of fused-ring (bicyclic) bond motifs is 1. The summed E-state index contributed by atoms with van der Waals surface area (Å²) >= 11 is 3.48. The van der Waals surface area contributed by atoms with Gasteiger partial charge in [0.1, 0.15) is 16.5 Å². The summed E-state index contributed by atoms with van der Waals surface area (Å²) in [7, 11) is -2.70. The first-order valence-corrected chi connectivity index (χ1v) is 15.7. The second-order valence-electron chi connectivity index (χ2n) is 9.70. The lowest BCUT2D eigenvalue weighted by molar-refractivity contribution is 0.0943. The van der Waals surface area contributed by atoms with Crippen molar-refractivity contribution in [2.75, 3.05) is 31.7 Å². The van der Waals surface area contributed by atoms with Crippen LogP contribution < -0.4 is 20.0 Å². The Hall–Kier alpha value is -3.55. The van der Waals surface area contributed by atoms with Crippen LogP contribution in [0.2, 0.25) is 0 Å². The van der Waals surface area contributed by atoms with Crippen LogP contribution in [0.4, 0.5) is 10.1 Å². The number of nitrogens with zero attached hydrogens (tertiary/aromatic N) is 3. The number of carbonyl (C=O) groups is 1. The van der Waals surface area contributed by atoms with Crippen molar-refractivity contribution < 1.29 is 26.5 Å². The maximum atomic E-state index is 14.1. The molecule has 0 bridgehead atoms. The lowest BCUT2D eigenvalue weighted by atomic mass is 10.1. The van der Waals surface area contributed by atoms with Gasteiger partial charge < -0.3 is 19.1 Å². The summed E-state index contributed by atoms with van der Waals surface area (Å²) < 4.78 is 52.9. The summed E-state index contributed by atoms with van der Waals surface area (Å²) in [5.41, 5.74) is -0.160. The fourth-order valence-electron chi connectivity index (χ4n) is 4.55. The van der Waals surface area contributed by atoms with Crippen molar-refractivity contribution >= 4 is 37.6 Å². The molecule has 4 rings (SSSR count). The highest BCUT2D eigenvalue weighted by molar-refractivity contribution is 9.09. The quantitative estimate of drug-likeness (QED) is 0.181. The minimum absolute atomic E-state index is 0.0592. The molecule has 1 unspecified atom stereocenters. The van der Waals surface area contributed by atoms with Gasteiger partial charge in [-0.1, -0.05) is 53.2 Å². The molecule has 10 nitrogen and oxygen atoms in total. The normalized spacial score (nSPS) is 16.7. The van der Waals surface area contributed by atoms with E-state index in [0.29, 0.717) is 30.6 Å². The number of benzene rings is 2. The highest BCUT2D eigenvalue weighted by atomic mass is 79.9. The topological polar surface area (TPSA) is 120 Å². The predicted molar refractivity (Wildman–Crippen MR) is 160 cm³/mol. The van der Waals surface area contributed by atoms with E-state index in [1.54, 1.807) is 25.3 Å². The van der Waals surface area contributed by atoms with Crippen LogP contribution in [0.25, 0.3) is 0 Å². The minimum Gasteiger partial charge on any atom is -0.378 e. The molecule has 1 aliphatic heterocycles. The summed E-state index contributed by atoms with van der Waals surface area (Å²) in [4.78, 5) is 33.1. The van der Waals surface area contributed by atoms with Crippen LogP contribution in [0.1, 0.15) is 52.5 Å².